The van der Waals surface area contributed by atoms with Crippen LogP contribution in [0.2, 0.25) is 0 Å². The fraction of sp³-hybridized carbons (Fsp3) is 0.222. The van der Waals surface area contributed by atoms with Crippen molar-refractivity contribution in [2.45, 2.75) is 26.8 Å². The first-order chi connectivity index (χ1) is 10.5. The topological polar surface area (TPSA) is 46.4 Å². The standard InChI is InChI=1S/C18H19N3O/c1-12(2)19-18(22)15-8-9-17-20-16(11-21(17)10-15)14-6-4-13(3)5-7-14/h4-12H,1-3H3,(H,19,22). The van der Waals surface area contributed by atoms with Crippen molar-refractivity contribution in [2.75, 3.05) is 0 Å². The molecule has 0 spiro atoms. The summed E-state index contributed by atoms with van der Waals surface area (Å²) in [5, 5.41) is 2.90. The number of amides is 1. The van der Waals surface area contributed by atoms with Crippen molar-refractivity contribution < 1.29 is 4.79 Å². The second-order valence-electron chi connectivity index (χ2n) is 5.80. The molecular formula is C18H19N3O. The molecule has 112 valence electrons. The Morgan fingerprint density at radius 2 is 1.82 bits per heavy atom. The van der Waals surface area contributed by atoms with Gasteiger partial charge in [0.1, 0.15) is 5.65 Å². The minimum atomic E-state index is -0.0671. The predicted molar refractivity (Wildman–Crippen MR) is 88.0 cm³/mol. The number of hydrogen-bond donors (Lipinski definition) is 1. The summed E-state index contributed by atoms with van der Waals surface area (Å²) in [5.74, 6) is -0.0671. The molecule has 0 unspecified atom stereocenters. The van der Waals surface area contributed by atoms with Gasteiger partial charge in [-0.1, -0.05) is 29.8 Å². The third kappa shape index (κ3) is 2.86. The van der Waals surface area contributed by atoms with Gasteiger partial charge in [-0.25, -0.2) is 4.98 Å². The molecule has 0 fully saturated rings. The summed E-state index contributed by atoms with van der Waals surface area (Å²) in [6.07, 6.45) is 3.77. The first kappa shape index (κ1) is 14.3. The van der Waals surface area contributed by atoms with E-state index in [-0.39, 0.29) is 11.9 Å². The molecule has 0 aliphatic heterocycles. The second-order valence-corrected chi connectivity index (χ2v) is 5.80. The van der Waals surface area contributed by atoms with E-state index in [1.807, 2.05) is 36.7 Å². The lowest BCUT2D eigenvalue weighted by Gasteiger charge is -2.08. The molecule has 0 aliphatic rings. The zero-order valence-electron chi connectivity index (χ0n) is 13.0. The summed E-state index contributed by atoms with van der Waals surface area (Å²) < 4.78 is 1.89. The molecule has 1 aromatic carbocycles. The van der Waals surface area contributed by atoms with Crippen molar-refractivity contribution >= 4 is 11.6 Å². The quantitative estimate of drug-likeness (QED) is 0.804. The fourth-order valence-corrected chi connectivity index (χ4v) is 2.34. The monoisotopic (exact) mass is 293 g/mol. The highest BCUT2D eigenvalue weighted by molar-refractivity contribution is 5.94. The number of rotatable bonds is 3. The zero-order valence-corrected chi connectivity index (χ0v) is 13.0. The Labute approximate surface area is 129 Å². The maximum absolute atomic E-state index is 12.1. The van der Waals surface area contributed by atoms with E-state index in [1.165, 1.54) is 5.56 Å². The number of aryl methyl sites for hydroxylation is 1. The molecule has 0 bridgehead atoms. The SMILES string of the molecule is Cc1ccc(-c2cn3cc(C(=O)NC(C)C)ccc3n2)cc1. The highest BCUT2D eigenvalue weighted by Crippen LogP contribution is 2.20. The number of nitrogens with one attached hydrogen (secondary N) is 1. The highest BCUT2D eigenvalue weighted by atomic mass is 16.1. The van der Waals surface area contributed by atoms with E-state index in [4.69, 9.17) is 0 Å². The molecule has 0 radical (unpaired) electrons. The molecule has 3 aromatic rings. The number of benzene rings is 1. The van der Waals surface area contributed by atoms with Gasteiger partial charge in [-0.15, -0.1) is 0 Å². The molecule has 0 saturated carbocycles. The molecule has 1 amide bonds. The van der Waals surface area contributed by atoms with E-state index in [2.05, 4.69) is 41.5 Å². The Hall–Kier alpha value is -2.62. The predicted octanol–water partition coefficient (Wildman–Crippen LogP) is 3.45. The van der Waals surface area contributed by atoms with Gasteiger partial charge in [-0.05, 0) is 32.9 Å². The van der Waals surface area contributed by atoms with Crippen LogP contribution in [0.1, 0.15) is 29.8 Å². The van der Waals surface area contributed by atoms with Gasteiger partial charge in [0, 0.05) is 24.0 Å². The van der Waals surface area contributed by atoms with E-state index >= 15 is 0 Å². The van der Waals surface area contributed by atoms with Crippen LogP contribution >= 0.6 is 0 Å². The number of pyridine rings is 1. The van der Waals surface area contributed by atoms with Gasteiger partial charge in [0.25, 0.3) is 5.91 Å². The van der Waals surface area contributed by atoms with Crippen LogP contribution in [-0.2, 0) is 0 Å². The Morgan fingerprint density at radius 1 is 1.09 bits per heavy atom. The molecule has 4 nitrogen and oxygen atoms in total. The molecular weight excluding hydrogens is 274 g/mol. The van der Waals surface area contributed by atoms with Gasteiger partial charge >= 0.3 is 0 Å². The maximum Gasteiger partial charge on any atom is 0.252 e. The molecule has 0 atom stereocenters. The largest absolute Gasteiger partial charge is 0.350 e. The number of fused-ring (bicyclic) bond motifs is 1. The molecule has 4 heteroatoms. The smallest absolute Gasteiger partial charge is 0.252 e. The van der Waals surface area contributed by atoms with E-state index in [9.17, 15) is 4.79 Å². The van der Waals surface area contributed by atoms with Crippen LogP contribution in [0.5, 0.6) is 0 Å². The summed E-state index contributed by atoms with van der Waals surface area (Å²) in [5.41, 5.74) is 4.66. The molecule has 22 heavy (non-hydrogen) atoms. The number of carbonyl (C=O) groups is 1. The van der Waals surface area contributed by atoms with Crippen LogP contribution in [0.3, 0.4) is 0 Å². The van der Waals surface area contributed by atoms with Crippen LogP contribution in [0.25, 0.3) is 16.9 Å². The summed E-state index contributed by atoms with van der Waals surface area (Å²) >= 11 is 0. The Bertz CT molecular complexity index is 816. The third-order valence-corrected chi connectivity index (χ3v) is 3.48. The van der Waals surface area contributed by atoms with Crippen molar-refractivity contribution in [2.24, 2.45) is 0 Å². The number of imidazole rings is 1. The normalized spacial score (nSPS) is 11.1. The van der Waals surface area contributed by atoms with E-state index in [1.54, 1.807) is 6.07 Å². The average Bonchev–Trinajstić information content (AvgIpc) is 2.90. The van der Waals surface area contributed by atoms with Gasteiger partial charge in [0.05, 0.1) is 11.3 Å². The van der Waals surface area contributed by atoms with Crippen LogP contribution in [0, 0.1) is 6.92 Å². The lowest BCUT2D eigenvalue weighted by atomic mass is 10.1. The molecule has 0 saturated heterocycles. The number of aromatic nitrogens is 2. The Morgan fingerprint density at radius 3 is 2.50 bits per heavy atom. The van der Waals surface area contributed by atoms with Gasteiger partial charge in [0.15, 0.2) is 0 Å². The summed E-state index contributed by atoms with van der Waals surface area (Å²) in [4.78, 5) is 16.7. The highest BCUT2D eigenvalue weighted by Gasteiger charge is 2.10. The molecule has 2 heterocycles. The second kappa shape index (κ2) is 5.64. The van der Waals surface area contributed by atoms with Crippen LogP contribution in [0.4, 0.5) is 0 Å². The first-order valence-corrected chi connectivity index (χ1v) is 7.39. The molecule has 2 aromatic heterocycles. The lowest BCUT2D eigenvalue weighted by Crippen LogP contribution is -2.30. The molecule has 1 N–H and O–H groups in total. The van der Waals surface area contributed by atoms with Gasteiger partial charge < -0.3 is 9.72 Å². The van der Waals surface area contributed by atoms with E-state index in [0.717, 1.165) is 16.9 Å². The van der Waals surface area contributed by atoms with Gasteiger partial charge in [-0.3, -0.25) is 4.79 Å². The molecule has 0 aliphatic carbocycles. The van der Waals surface area contributed by atoms with Crippen molar-refractivity contribution in [1.29, 1.82) is 0 Å². The summed E-state index contributed by atoms with van der Waals surface area (Å²) in [6.45, 7) is 5.96. The van der Waals surface area contributed by atoms with Crippen molar-refractivity contribution in [3.63, 3.8) is 0 Å². The summed E-state index contributed by atoms with van der Waals surface area (Å²) in [6, 6.07) is 12.1. The van der Waals surface area contributed by atoms with Crippen LogP contribution in [0.15, 0.2) is 48.8 Å². The van der Waals surface area contributed by atoms with Gasteiger partial charge in [0.2, 0.25) is 0 Å². The maximum atomic E-state index is 12.1. The van der Waals surface area contributed by atoms with Crippen LogP contribution < -0.4 is 5.32 Å². The minimum Gasteiger partial charge on any atom is -0.350 e. The fourth-order valence-electron chi connectivity index (χ4n) is 2.34. The van der Waals surface area contributed by atoms with Crippen molar-refractivity contribution in [1.82, 2.24) is 14.7 Å². The summed E-state index contributed by atoms with van der Waals surface area (Å²) in [7, 11) is 0. The number of hydrogen-bond acceptors (Lipinski definition) is 2. The lowest BCUT2D eigenvalue weighted by molar-refractivity contribution is 0.0942. The third-order valence-electron chi connectivity index (χ3n) is 3.48. The van der Waals surface area contributed by atoms with Crippen molar-refractivity contribution in [3.05, 3.63) is 59.9 Å². The number of nitrogens with zero attached hydrogens (tertiary/aromatic N) is 2. The zero-order chi connectivity index (χ0) is 15.7. The van der Waals surface area contributed by atoms with E-state index in [0.29, 0.717) is 5.56 Å². The van der Waals surface area contributed by atoms with Gasteiger partial charge in [-0.2, -0.15) is 0 Å². The minimum absolute atomic E-state index is 0.0671. The van der Waals surface area contributed by atoms with Crippen LogP contribution in [-0.4, -0.2) is 21.3 Å². The molecule has 3 rings (SSSR count). The average molecular weight is 293 g/mol. The number of carbonyl (C=O) groups excluding carboxylic acids is 1. The Balaban J connectivity index is 1.96. The van der Waals surface area contributed by atoms with Crippen molar-refractivity contribution in [3.8, 4) is 11.3 Å². The van der Waals surface area contributed by atoms with E-state index < -0.39 is 0 Å². The first-order valence-electron chi connectivity index (χ1n) is 7.39. The Kier molecular flexibility index (Phi) is 3.67.